The second kappa shape index (κ2) is 10.5. The highest BCUT2D eigenvalue weighted by Gasteiger charge is 2.31. The Morgan fingerprint density at radius 3 is 2.59 bits per heavy atom. The zero-order chi connectivity index (χ0) is 24.5. The first-order valence-electron chi connectivity index (χ1n) is 10.9. The highest BCUT2D eigenvalue weighted by Crippen LogP contribution is 2.32. The number of fused-ring (bicyclic) bond motifs is 1. The fourth-order valence-corrected chi connectivity index (χ4v) is 7.30. The standard InChI is InChI=1S/C23H25Cl2N3O4S2/c1-15-5-3-4-12-28(15)34(30,31)17-8-6-16(7-9-17)22(29)26-23-27(13-14-32-2)21-19(33-23)11-10-18(24)20(21)25/h6-11,15H,3-5,12-14H2,1-2H3. The van der Waals surface area contributed by atoms with E-state index in [2.05, 4.69) is 4.99 Å². The Labute approximate surface area is 212 Å². The lowest BCUT2D eigenvalue weighted by atomic mass is 10.1. The quantitative estimate of drug-likeness (QED) is 0.441. The number of piperidine rings is 1. The molecule has 0 bridgehead atoms. The smallest absolute Gasteiger partial charge is 0.279 e. The molecule has 0 radical (unpaired) electrons. The van der Waals surface area contributed by atoms with E-state index in [1.165, 1.54) is 35.6 Å². The number of sulfonamides is 1. The van der Waals surface area contributed by atoms with Gasteiger partial charge in [0.05, 0.1) is 31.8 Å². The molecule has 0 saturated carbocycles. The number of amides is 1. The lowest BCUT2D eigenvalue weighted by molar-refractivity contribution is 0.0997. The van der Waals surface area contributed by atoms with E-state index in [4.69, 9.17) is 27.9 Å². The van der Waals surface area contributed by atoms with Gasteiger partial charge in [-0.2, -0.15) is 9.30 Å². The zero-order valence-electron chi connectivity index (χ0n) is 18.8. The van der Waals surface area contributed by atoms with Crippen molar-refractivity contribution in [2.45, 2.75) is 43.7 Å². The third-order valence-corrected chi connectivity index (χ3v) is 9.77. The van der Waals surface area contributed by atoms with Gasteiger partial charge >= 0.3 is 0 Å². The molecule has 1 unspecified atom stereocenters. The van der Waals surface area contributed by atoms with Crippen LogP contribution in [0.3, 0.4) is 0 Å². The van der Waals surface area contributed by atoms with Crippen LogP contribution in [0.2, 0.25) is 10.0 Å². The van der Waals surface area contributed by atoms with E-state index in [-0.39, 0.29) is 10.9 Å². The fourth-order valence-electron chi connectivity index (χ4n) is 4.06. The molecule has 4 rings (SSSR count). The summed E-state index contributed by atoms with van der Waals surface area (Å²) >= 11 is 14.0. The second-order valence-electron chi connectivity index (χ2n) is 8.14. The van der Waals surface area contributed by atoms with Gasteiger partial charge in [0.15, 0.2) is 4.80 Å². The molecule has 2 heterocycles. The summed E-state index contributed by atoms with van der Waals surface area (Å²) in [5.41, 5.74) is 0.991. The number of rotatable bonds is 6. The Hall–Kier alpha value is -1.75. The maximum absolute atomic E-state index is 13.1. The first-order chi connectivity index (χ1) is 16.2. The van der Waals surface area contributed by atoms with Crippen LogP contribution in [0, 0.1) is 0 Å². The van der Waals surface area contributed by atoms with Gasteiger partial charge in [0.25, 0.3) is 5.91 Å². The molecular formula is C23H25Cl2N3O4S2. The number of carbonyl (C=O) groups is 1. The first-order valence-corrected chi connectivity index (χ1v) is 13.9. The number of ether oxygens (including phenoxy) is 1. The molecule has 0 spiro atoms. The van der Waals surface area contributed by atoms with Crippen LogP contribution >= 0.6 is 34.5 Å². The van der Waals surface area contributed by atoms with Gasteiger partial charge in [-0.15, -0.1) is 0 Å². The summed E-state index contributed by atoms with van der Waals surface area (Å²) < 4.78 is 35.5. The molecule has 7 nitrogen and oxygen atoms in total. The van der Waals surface area contributed by atoms with Crippen LogP contribution in [0.5, 0.6) is 0 Å². The molecule has 3 aromatic rings. The molecular weight excluding hydrogens is 517 g/mol. The summed E-state index contributed by atoms with van der Waals surface area (Å²) in [5, 5.41) is 0.803. The second-order valence-corrected chi connectivity index (χ2v) is 11.8. The van der Waals surface area contributed by atoms with Crippen molar-refractivity contribution >= 4 is 60.7 Å². The number of thiazole rings is 1. The summed E-state index contributed by atoms with van der Waals surface area (Å²) in [6, 6.07) is 9.46. The van der Waals surface area contributed by atoms with Crippen LogP contribution in [0.1, 0.15) is 36.5 Å². The number of hydrogen-bond acceptors (Lipinski definition) is 5. The molecule has 1 aromatic heterocycles. The molecule has 1 aliphatic rings. The van der Waals surface area contributed by atoms with Gasteiger partial charge in [0.1, 0.15) is 0 Å². The number of benzene rings is 2. The van der Waals surface area contributed by atoms with Crippen molar-refractivity contribution in [3.8, 4) is 0 Å². The molecule has 182 valence electrons. The molecule has 1 fully saturated rings. The molecule has 1 saturated heterocycles. The summed E-state index contributed by atoms with van der Waals surface area (Å²) in [4.78, 5) is 17.9. The van der Waals surface area contributed by atoms with Gasteiger partial charge in [-0.1, -0.05) is 41.0 Å². The Morgan fingerprint density at radius 1 is 1.18 bits per heavy atom. The molecule has 1 aliphatic heterocycles. The normalized spacial score (nSPS) is 18.0. The summed E-state index contributed by atoms with van der Waals surface area (Å²) in [5.74, 6) is -0.477. The Kier molecular flexibility index (Phi) is 7.81. The van der Waals surface area contributed by atoms with E-state index in [1.54, 1.807) is 17.5 Å². The van der Waals surface area contributed by atoms with Crippen molar-refractivity contribution in [1.29, 1.82) is 0 Å². The maximum Gasteiger partial charge on any atom is 0.279 e. The first kappa shape index (κ1) is 25.3. The average Bonchev–Trinajstić information content (AvgIpc) is 3.17. The number of methoxy groups -OCH3 is 1. The number of nitrogens with zero attached hydrogens (tertiary/aromatic N) is 3. The number of halogens is 2. The minimum atomic E-state index is -3.61. The van der Waals surface area contributed by atoms with Crippen LogP contribution < -0.4 is 4.80 Å². The minimum Gasteiger partial charge on any atom is -0.383 e. The summed E-state index contributed by atoms with van der Waals surface area (Å²) in [6.45, 7) is 3.28. The van der Waals surface area contributed by atoms with E-state index >= 15 is 0 Å². The third kappa shape index (κ3) is 4.96. The predicted octanol–water partition coefficient (Wildman–Crippen LogP) is 4.96. The monoisotopic (exact) mass is 541 g/mol. The molecule has 0 aliphatic carbocycles. The highest BCUT2D eigenvalue weighted by molar-refractivity contribution is 7.89. The van der Waals surface area contributed by atoms with Crippen molar-refractivity contribution in [3.63, 3.8) is 0 Å². The fraction of sp³-hybridized carbons (Fsp3) is 0.391. The number of aromatic nitrogens is 1. The van der Waals surface area contributed by atoms with Crippen LogP contribution in [0.15, 0.2) is 46.3 Å². The molecule has 11 heteroatoms. The van der Waals surface area contributed by atoms with E-state index in [1.807, 2.05) is 17.6 Å². The van der Waals surface area contributed by atoms with Gasteiger partial charge < -0.3 is 9.30 Å². The van der Waals surface area contributed by atoms with E-state index in [9.17, 15) is 13.2 Å². The van der Waals surface area contributed by atoms with Gasteiger partial charge in [-0.3, -0.25) is 4.79 Å². The molecule has 0 N–H and O–H groups in total. The van der Waals surface area contributed by atoms with Crippen LogP contribution in [-0.2, 0) is 21.3 Å². The number of hydrogen-bond donors (Lipinski definition) is 0. The average molecular weight is 543 g/mol. The van der Waals surface area contributed by atoms with Crippen LogP contribution in [0.25, 0.3) is 10.2 Å². The third-order valence-electron chi connectivity index (χ3n) is 5.90. The van der Waals surface area contributed by atoms with Crippen LogP contribution in [-0.4, -0.2) is 49.5 Å². The van der Waals surface area contributed by atoms with Crippen molar-refractivity contribution in [2.24, 2.45) is 4.99 Å². The van der Waals surface area contributed by atoms with Crippen molar-refractivity contribution in [3.05, 3.63) is 56.8 Å². The Balaban J connectivity index is 1.67. The SMILES string of the molecule is COCCn1c(=NC(=O)c2ccc(S(=O)(=O)N3CCCCC3C)cc2)sc2ccc(Cl)c(Cl)c21. The van der Waals surface area contributed by atoms with Gasteiger partial charge in [0, 0.05) is 31.8 Å². The summed E-state index contributed by atoms with van der Waals surface area (Å²) in [7, 11) is -2.02. The Morgan fingerprint density at radius 2 is 1.91 bits per heavy atom. The predicted molar refractivity (Wildman–Crippen MR) is 135 cm³/mol. The lowest BCUT2D eigenvalue weighted by Gasteiger charge is -2.32. The van der Waals surface area contributed by atoms with E-state index < -0.39 is 15.9 Å². The van der Waals surface area contributed by atoms with Gasteiger partial charge in [-0.05, 0) is 56.2 Å². The van der Waals surface area contributed by atoms with E-state index in [0.717, 1.165) is 24.0 Å². The molecule has 1 amide bonds. The van der Waals surface area contributed by atoms with Crippen LogP contribution in [0.4, 0.5) is 0 Å². The Bertz CT molecular complexity index is 1380. The highest BCUT2D eigenvalue weighted by atomic mass is 35.5. The van der Waals surface area contributed by atoms with Gasteiger partial charge in [0.2, 0.25) is 10.0 Å². The molecule has 34 heavy (non-hydrogen) atoms. The largest absolute Gasteiger partial charge is 0.383 e. The number of carbonyl (C=O) groups excluding carboxylic acids is 1. The van der Waals surface area contributed by atoms with Crippen molar-refractivity contribution in [2.75, 3.05) is 20.3 Å². The lowest BCUT2D eigenvalue weighted by Crippen LogP contribution is -2.41. The van der Waals surface area contributed by atoms with Crippen molar-refractivity contribution < 1.29 is 17.9 Å². The zero-order valence-corrected chi connectivity index (χ0v) is 22.0. The summed E-state index contributed by atoms with van der Waals surface area (Å²) in [6.07, 6.45) is 2.73. The molecule has 2 aromatic carbocycles. The topological polar surface area (TPSA) is 81.0 Å². The van der Waals surface area contributed by atoms with Gasteiger partial charge in [-0.25, -0.2) is 8.42 Å². The van der Waals surface area contributed by atoms with E-state index in [0.29, 0.717) is 45.6 Å². The van der Waals surface area contributed by atoms with Crippen molar-refractivity contribution in [1.82, 2.24) is 8.87 Å². The molecule has 1 atom stereocenters. The maximum atomic E-state index is 13.1. The minimum absolute atomic E-state index is 0.0362.